The minimum atomic E-state index is -0.362. The van der Waals surface area contributed by atoms with Crippen molar-refractivity contribution in [2.45, 2.75) is 5.41 Å². The van der Waals surface area contributed by atoms with Gasteiger partial charge >= 0.3 is 0 Å². The van der Waals surface area contributed by atoms with Gasteiger partial charge in [0.2, 0.25) is 0 Å². The predicted molar refractivity (Wildman–Crippen MR) is 224 cm³/mol. The molecule has 0 atom stereocenters. The molecule has 10 aromatic rings. The fourth-order valence-corrected chi connectivity index (χ4v) is 10.7. The first kappa shape index (κ1) is 28.6. The van der Waals surface area contributed by atoms with Crippen LogP contribution < -0.4 is 0 Å². The Balaban J connectivity index is 1.03. The van der Waals surface area contributed by atoms with Crippen molar-refractivity contribution in [1.82, 2.24) is 4.57 Å². The van der Waals surface area contributed by atoms with Gasteiger partial charge in [0, 0.05) is 16.5 Å². The number of benzene rings is 9. The third kappa shape index (κ3) is 3.37. The molecule has 1 spiro atoms. The van der Waals surface area contributed by atoms with Gasteiger partial charge in [0.05, 0.1) is 16.4 Å². The molecule has 0 saturated carbocycles. The first-order valence-electron chi connectivity index (χ1n) is 18.9. The van der Waals surface area contributed by atoms with Gasteiger partial charge in [-0.05, 0) is 119 Å². The molecule has 1 heterocycles. The molecule has 0 aliphatic heterocycles. The summed E-state index contributed by atoms with van der Waals surface area (Å²) < 4.78 is 2.48. The van der Waals surface area contributed by atoms with Crippen LogP contribution in [0.2, 0.25) is 0 Å². The molecule has 1 nitrogen and oxygen atoms in total. The standard InChI is InChI=1S/C53H31N/c1-2-13-36-35(12-1)42-19-11-18-41-34(28-29-43(36)52(41)42)32-24-26-33(27-25-32)54-50-23-10-6-17-40(50)45-30-49-44(31-51(45)54)39-16-5-9-22-48(39)53(49)46-20-7-3-14-37(46)38-15-4-8-21-47(38)53/h1-31H. The molecule has 0 fully saturated rings. The van der Waals surface area contributed by atoms with Gasteiger partial charge in [-0.25, -0.2) is 0 Å². The summed E-state index contributed by atoms with van der Waals surface area (Å²) in [7, 11) is 0. The number of aromatic nitrogens is 1. The highest BCUT2D eigenvalue weighted by molar-refractivity contribution is 6.19. The van der Waals surface area contributed by atoms with E-state index in [-0.39, 0.29) is 5.41 Å². The van der Waals surface area contributed by atoms with E-state index in [1.54, 1.807) is 0 Å². The lowest BCUT2D eigenvalue weighted by Crippen LogP contribution is -2.25. The molecule has 0 saturated heterocycles. The fraction of sp³-hybridized carbons (Fsp3) is 0.0189. The van der Waals surface area contributed by atoms with Gasteiger partial charge in [-0.15, -0.1) is 0 Å². The largest absolute Gasteiger partial charge is 0.309 e. The van der Waals surface area contributed by atoms with Crippen LogP contribution in [0.5, 0.6) is 0 Å². The Bertz CT molecular complexity index is 3190. The lowest BCUT2D eigenvalue weighted by atomic mass is 9.70. The van der Waals surface area contributed by atoms with Crippen molar-refractivity contribution in [3.63, 3.8) is 0 Å². The van der Waals surface area contributed by atoms with E-state index in [0.29, 0.717) is 0 Å². The van der Waals surface area contributed by atoms with Crippen molar-refractivity contribution in [1.29, 1.82) is 0 Å². The van der Waals surface area contributed by atoms with E-state index >= 15 is 0 Å². The van der Waals surface area contributed by atoms with Crippen LogP contribution in [0.4, 0.5) is 0 Å². The van der Waals surface area contributed by atoms with Crippen molar-refractivity contribution in [2.75, 3.05) is 0 Å². The van der Waals surface area contributed by atoms with Gasteiger partial charge in [0.25, 0.3) is 0 Å². The fourth-order valence-electron chi connectivity index (χ4n) is 10.7. The van der Waals surface area contributed by atoms with Crippen LogP contribution in [0, 0.1) is 0 Å². The molecule has 0 amide bonds. The van der Waals surface area contributed by atoms with Crippen molar-refractivity contribution in [3.05, 3.63) is 210 Å². The minimum Gasteiger partial charge on any atom is -0.309 e. The molecule has 3 aliphatic carbocycles. The average molecular weight is 682 g/mol. The Morgan fingerprint density at radius 3 is 1.50 bits per heavy atom. The monoisotopic (exact) mass is 681 g/mol. The maximum absolute atomic E-state index is 2.53. The van der Waals surface area contributed by atoms with E-state index in [9.17, 15) is 0 Å². The Kier molecular flexibility index (Phi) is 5.36. The van der Waals surface area contributed by atoms with E-state index in [4.69, 9.17) is 0 Å². The van der Waals surface area contributed by atoms with Crippen LogP contribution in [0.15, 0.2) is 188 Å². The number of nitrogens with zero attached hydrogens (tertiary/aromatic N) is 1. The number of para-hydroxylation sites is 1. The van der Waals surface area contributed by atoms with Gasteiger partial charge in [0.15, 0.2) is 0 Å². The van der Waals surface area contributed by atoms with Gasteiger partial charge < -0.3 is 4.57 Å². The minimum absolute atomic E-state index is 0.362. The third-order valence-electron chi connectivity index (χ3n) is 12.8. The molecule has 13 rings (SSSR count). The molecule has 9 aromatic carbocycles. The lowest BCUT2D eigenvalue weighted by molar-refractivity contribution is 0.795. The van der Waals surface area contributed by atoms with E-state index < -0.39 is 0 Å². The highest BCUT2D eigenvalue weighted by atomic mass is 15.0. The van der Waals surface area contributed by atoms with Crippen LogP contribution in [0.25, 0.3) is 93.9 Å². The van der Waals surface area contributed by atoms with E-state index in [1.807, 2.05) is 0 Å². The molecule has 1 aromatic heterocycles. The summed E-state index contributed by atoms with van der Waals surface area (Å²) in [6, 6.07) is 70.6. The summed E-state index contributed by atoms with van der Waals surface area (Å²) in [4.78, 5) is 0. The van der Waals surface area contributed by atoms with Crippen LogP contribution in [-0.4, -0.2) is 4.57 Å². The predicted octanol–water partition coefficient (Wildman–Crippen LogP) is 13.6. The molecule has 3 aliphatic rings. The van der Waals surface area contributed by atoms with Crippen LogP contribution in [0.3, 0.4) is 0 Å². The van der Waals surface area contributed by atoms with Gasteiger partial charge in [-0.3, -0.25) is 0 Å². The zero-order valence-corrected chi connectivity index (χ0v) is 29.3. The molecule has 0 radical (unpaired) electrons. The molecular formula is C53H31N. The first-order valence-corrected chi connectivity index (χ1v) is 18.9. The Labute approximate surface area is 313 Å². The molecule has 248 valence electrons. The summed E-state index contributed by atoms with van der Waals surface area (Å²) in [5.74, 6) is 0. The SMILES string of the molecule is c1ccc2c(c1)-c1cccc3c(-c4ccc(-n5c6ccccc6c6cc7c(cc65)-c5ccccc5C75c6ccccc6-c6ccccc65)cc4)ccc-2c13. The summed E-state index contributed by atoms with van der Waals surface area (Å²) in [5, 5.41) is 5.23. The second-order valence-corrected chi connectivity index (χ2v) is 15.1. The number of hydrogen-bond donors (Lipinski definition) is 0. The van der Waals surface area contributed by atoms with E-state index in [2.05, 4.69) is 193 Å². The summed E-state index contributed by atoms with van der Waals surface area (Å²) in [5.41, 5.74) is 21.9. The highest BCUT2D eigenvalue weighted by Crippen LogP contribution is 2.63. The molecule has 54 heavy (non-hydrogen) atoms. The van der Waals surface area contributed by atoms with Crippen LogP contribution in [-0.2, 0) is 5.41 Å². The van der Waals surface area contributed by atoms with Crippen molar-refractivity contribution >= 4 is 32.6 Å². The normalized spacial score (nSPS) is 13.7. The smallest absolute Gasteiger partial charge is 0.0725 e. The zero-order chi connectivity index (χ0) is 35.1. The summed E-state index contributed by atoms with van der Waals surface area (Å²) >= 11 is 0. The van der Waals surface area contributed by atoms with Crippen LogP contribution in [0.1, 0.15) is 22.3 Å². The molecule has 0 unspecified atom stereocenters. The van der Waals surface area contributed by atoms with Gasteiger partial charge in [-0.2, -0.15) is 0 Å². The number of hydrogen-bond acceptors (Lipinski definition) is 0. The maximum Gasteiger partial charge on any atom is 0.0725 e. The zero-order valence-electron chi connectivity index (χ0n) is 29.3. The van der Waals surface area contributed by atoms with Crippen molar-refractivity contribution in [3.8, 4) is 61.3 Å². The Hall–Kier alpha value is -6.96. The second kappa shape index (κ2) is 10.1. The molecule has 0 N–H and O–H groups in total. The van der Waals surface area contributed by atoms with Crippen molar-refractivity contribution < 1.29 is 0 Å². The van der Waals surface area contributed by atoms with E-state index in [0.717, 1.165) is 0 Å². The first-order chi connectivity index (χ1) is 26.8. The quantitative estimate of drug-likeness (QED) is 0.171. The third-order valence-corrected chi connectivity index (χ3v) is 12.8. The van der Waals surface area contributed by atoms with E-state index in [1.165, 1.54) is 116 Å². The Morgan fingerprint density at radius 1 is 0.296 bits per heavy atom. The number of fused-ring (bicyclic) bond motifs is 16. The maximum atomic E-state index is 2.53. The lowest BCUT2D eigenvalue weighted by Gasteiger charge is -2.30. The molecule has 1 heteroatoms. The number of rotatable bonds is 2. The Morgan fingerprint density at radius 2 is 0.815 bits per heavy atom. The molecule has 0 bridgehead atoms. The summed E-state index contributed by atoms with van der Waals surface area (Å²) in [6.07, 6.45) is 0. The van der Waals surface area contributed by atoms with Gasteiger partial charge in [-0.1, -0.05) is 158 Å². The average Bonchev–Trinajstić information content (AvgIpc) is 3.93. The molecular weight excluding hydrogens is 651 g/mol. The summed E-state index contributed by atoms with van der Waals surface area (Å²) in [6.45, 7) is 0. The van der Waals surface area contributed by atoms with Crippen LogP contribution >= 0.6 is 0 Å². The second-order valence-electron chi connectivity index (χ2n) is 15.1. The van der Waals surface area contributed by atoms with Crippen molar-refractivity contribution in [2.24, 2.45) is 0 Å². The van der Waals surface area contributed by atoms with Gasteiger partial charge in [0.1, 0.15) is 0 Å². The highest BCUT2D eigenvalue weighted by Gasteiger charge is 2.51. The topological polar surface area (TPSA) is 4.93 Å².